The van der Waals surface area contributed by atoms with E-state index in [4.69, 9.17) is 0 Å². The third-order valence-electron chi connectivity index (χ3n) is 5.39. The number of fused-ring (bicyclic) bond motifs is 2. The van der Waals surface area contributed by atoms with Crippen LogP contribution in [0.5, 0.6) is 0 Å². The van der Waals surface area contributed by atoms with Crippen LogP contribution in [-0.4, -0.2) is 33.8 Å². The summed E-state index contributed by atoms with van der Waals surface area (Å²) in [5.74, 6) is 0.308. The van der Waals surface area contributed by atoms with Crippen molar-refractivity contribution in [2.24, 2.45) is 5.92 Å². The first kappa shape index (κ1) is 19.2. The minimum atomic E-state index is -0.263. The zero-order chi connectivity index (χ0) is 20.5. The SMILES string of the molecule is CC(C)CCNC(=O)c1nc(C(=O)N2c3ccccc3CC2C)c2ccccn12. The van der Waals surface area contributed by atoms with Gasteiger partial charge in [0.15, 0.2) is 5.69 Å². The van der Waals surface area contributed by atoms with E-state index in [2.05, 4.69) is 30.2 Å². The Morgan fingerprint density at radius 2 is 1.93 bits per heavy atom. The average Bonchev–Trinajstić information content (AvgIpc) is 3.24. The van der Waals surface area contributed by atoms with Gasteiger partial charge in [-0.25, -0.2) is 4.98 Å². The molecule has 0 bridgehead atoms. The summed E-state index contributed by atoms with van der Waals surface area (Å²) >= 11 is 0. The molecule has 3 heterocycles. The summed E-state index contributed by atoms with van der Waals surface area (Å²) in [6.45, 7) is 6.85. The van der Waals surface area contributed by atoms with Gasteiger partial charge < -0.3 is 10.2 Å². The maximum Gasteiger partial charge on any atom is 0.287 e. The summed E-state index contributed by atoms with van der Waals surface area (Å²) in [6, 6.07) is 13.5. The molecule has 0 aliphatic carbocycles. The van der Waals surface area contributed by atoms with Gasteiger partial charge in [0.1, 0.15) is 0 Å². The van der Waals surface area contributed by atoms with E-state index in [0.29, 0.717) is 23.7 Å². The summed E-state index contributed by atoms with van der Waals surface area (Å²) < 4.78 is 1.70. The molecule has 1 atom stereocenters. The fourth-order valence-corrected chi connectivity index (χ4v) is 3.90. The predicted octanol–water partition coefficient (Wildman–Crippen LogP) is 3.70. The first-order valence-corrected chi connectivity index (χ1v) is 10.1. The van der Waals surface area contributed by atoms with E-state index in [0.717, 1.165) is 24.1 Å². The quantitative estimate of drug-likeness (QED) is 0.722. The first-order valence-electron chi connectivity index (χ1n) is 10.1. The highest BCUT2D eigenvalue weighted by Gasteiger charge is 2.34. The van der Waals surface area contributed by atoms with Crippen LogP contribution in [0.3, 0.4) is 0 Å². The number of hydrogen-bond donors (Lipinski definition) is 1. The smallest absolute Gasteiger partial charge is 0.287 e. The highest BCUT2D eigenvalue weighted by atomic mass is 16.2. The standard InChI is InChI=1S/C23H26N4O2/c1-15(2)11-12-24-22(28)21-25-20(19-10-6-7-13-26(19)21)23(29)27-16(3)14-17-8-4-5-9-18(17)27/h4-10,13,15-16H,11-12,14H2,1-3H3,(H,24,28). The predicted molar refractivity (Wildman–Crippen MR) is 113 cm³/mol. The van der Waals surface area contributed by atoms with Crippen LogP contribution in [0.15, 0.2) is 48.7 Å². The van der Waals surface area contributed by atoms with Crippen LogP contribution in [0, 0.1) is 5.92 Å². The van der Waals surface area contributed by atoms with Gasteiger partial charge >= 0.3 is 0 Å². The van der Waals surface area contributed by atoms with E-state index in [9.17, 15) is 9.59 Å². The molecule has 0 radical (unpaired) electrons. The number of nitrogens with one attached hydrogen (secondary N) is 1. The number of rotatable bonds is 5. The van der Waals surface area contributed by atoms with Crippen molar-refractivity contribution in [2.45, 2.75) is 39.7 Å². The molecule has 1 N–H and O–H groups in total. The molecule has 1 aromatic carbocycles. The van der Waals surface area contributed by atoms with Gasteiger partial charge in [-0.3, -0.25) is 14.0 Å². The maximum atomic E-state index is 13.5. The van der Waals surface area contributed by atoms with Crippen molar-refractivity contribution < 1.29 is 9.59 Å². The van der Waals surface area contributed by atoms with E-state index < -0.39 is 0 Å². The van der Waals surface area contributed by atoms with Crippen LogP contribution < -0.4 is 10.2 Å². The molecular formula is C23H26N4O2. The lowest BCUT2D eigenvalue weighted by Crippen LogP contribution is -2.36. The van der Waals surface area contributed by atoms with Crippen molar-refractivity contribution in [1.82, 2.24) is 14.7 Å². The maximum absolute atomic E-state index is 13.5. The van der Waals surface area contributed by atoms with Gasteiger partial charge in [-0.2, -0.15) is 0 Å². The number of aromatic nitrogens is 2. The summed E-state index contributed by atoms with van der Waals surface area (Å²) in [5, 5.41) is 2.92. The molecule has 2 amide bonds. The van der Waals surface area contributed by atoms with Gasteiger partial charge in [-0.1, -0.05) is 38.1 Å². The van der Waals surface area contributed by atoms with Gasteiger partial charge in [-0.15, -0.1) is 0 Å². The van der Waals surface area contributed by atoms with Gasteiger partial charge in [0.05, 0.1) is 5.52 Å². The zero-order valence-electron chi connectivity index (χ0n) is 17.1. The molecule has 6 nitrogen and oxygen atoms in total. The topological polar surface area (TPSA) is 66.7 Å². The highest BCUT2D eigenvalue weighted by Crippen LogP contribution is 2.33. The second-order valence-corrected chi connectivity index (χ2v) is 8.04. The Morgan fingerprint density at radius 1 is 1.17 bits per heavy atom. The Labute approximate surface area is 170 Å². The number of benzene rings is 1. The number of anilines is 1. The van der Waals surface area contributed by atoms with Crippen LogP contribution in [0.2, 0.25) is 0 Å². The third kappa shape index (κ3) is 3.50. The minimum Gasteiger partial charge on any atom is -0.349 e. The number of carbonyl (C=O) groups is 2. The molecule has 0 saturated heterocycles. The number of imidazole rings is 1. The molecule has 6 heteroatoms. The van der Waals surface area contributed by atoms with E-state index >= 15 is 0 Å². The number of hydrogen-bond acceptors (Lipinski definition) is 3. The summed E-state index contributed by atoms with van der Waals surface area (Å²) in [4.78, 5) is 32.5. The number of nitrogens with zero attached hydrogens (tertiary/aromatic N) is 3. The Balaban J connectivity index is 1.70. The normalized spacial score (nSPS) is 15.7. The monoisotopic (exact) mass is 390 g/mol. The lowest BCUT2D eigenvalue weighted by Gasteiger charge is -2.21. The zero-order valence-corrected chi connectivity index (χ0v) is 17.1. The Hall–Kier alpha value is -3.15. The van der Waals surface area contributed by atoms with Crippen LogP contribution >= 0.6 is 0 Å². The molecule has 0 saturated carbocycles. The molecule has 29 heavy (non-hydrogen) atoms. The summed E-state index contributed by atoms with van der Waals surface area (Å²) in [5.41, 5.74) is 3.03. The molecule has 1 aliphatic rings. The second kappa shape index (κ2) is 7.70. The number of carbonyl (C=O) groups excluding carboxylic acids is 2. The Kier molecular flexibility index (Phi) is 5.09. The van der Waals surface area contributed by atoms with Crippen LogP contribution in [-0.2, 0) is 6.42 Å². The molecule has 1 aliphatic heterocycles. The highest BCUT2D eigenvalue weighted by molar-refractivity contribution is 6.11. The fourth-order valence-electron chi connectivity index (χ4n) is 3.90. The fraction of sp³-hybridized carbons (Fsp3) is 0.348. The Bertz CT molecular complexity index is 1070. The third-order valence-corrected chi connectivity index (χ3v) is 5.39. The van der Waals surface area contributed by atoms with Crippen molar-refractivity contribution >= 4 is 23.0 Å². The van der Waals surface area contributed by atoms with Gasteiger partial charge in [0.2, 0.25) is 5.82 Å². The first-order chi connectivity index (χ1) is 14.0. The lowest BCUT2D eigenvalue weighted by atomic mass is 10.1. The molecule has 0 fully saturated rings. The van der Waals surface area contributed by atoms with Gasteiger partial charge in [-0.05, 0) is 49.4 Å². The molecule has 0 spiro atoms. The van der Waals surface area contributed by atoms with Crippen molar-refractivity contribution in [3.8, 4) is 0 Å². The van der Waals surface area contributed by atoms with Gasteiger partial charge in [0, 0.05) is 24.5 Å². The van der Waals surface area contributed by atoms with E-state index in [1.165, 1.54) is 0 Å². The lowest BCUT2D eigenvalue weighted by molar-refractivity contribution is 0.0941. The second-order valence-electron chi connectivity index (χ2n) is 8.04. The molecule has 2 aromatic heterocycles. The number of pyridine rings is 1. The molecule has 1 unspecified atom stereocenters. The van der Waals surface area contributed by atoms with E-state index in [-0.39, 0.29) is 23.7 Å². The summed E-state index contributed by atoms with van der Waals surface area (Å²) in [6.07, 6.45) is 3.48. The Morgan fingerprint density at radius 3 is 2.72 bits per heavy atom. The van der Waals surface area contributed by atoms with Crippen LogP contribution in [0.4, 0.5) is 5.69 Å². The molecule has 3 aromatic rings. The average molecular weight is 390 g/mol. The summed E-state index contributed by atoms with van der Waals surface area (Å²) in [7, 11) is 0. The van der Waals surface area contributed by atoms with Crippen LogP contribution in [0.25, 0.3) is 5.52 Å². The van der Waals surface area contributed by atoms with E-state index in [1.807, 2.05) is 43.3 Å². The minimum absolute atomic E-state index is 0.0451. The largest absolute Gasteiger partial charge is 0.349 e. The van der Waals surface area contributed by atoms with Crippen LogP contribution in [0.1, 0.15) is 53.9 Å². The van der Waals surface area contributed by atoms with Crippen molar-refractivity contribution in [3.05, 3.63) is 65.7 Å². The number of para-hydroxylation sites is 1. The number of amides is 2. The van der Waals surface area contributed by atoms with E-state index in [1.54, 1.807) is 15.5 Å². The van der Waals surface area contributed by atoms with Crippen molar-refractivity contribution in [2.75, 3.05) is 11.4 Å². The van der Waals surface area contributed by atoms with Crippen molar-refractivity contribution in [1.29, 1.82) is 0 Å². The van der Waals surface area contributed by atoms with Gasteiger partial charge in [0.25, 0.3) is 11.8 Å². The molecular weight excluding hydrogens is 364 g/mol. The van der Waals surface area contributed by atoms with Crippen molar-refractivity contribution in [3.63, 3.8) is 0 Å². The molecule has 4 rings (SSSR count). The molecule has 150 valence electrons.